The SMILES string of the molecule is O=C(Nc1ccc(S[C@@H]2O[C@H](COS(=O)(=O)O)[C@@H](O[C@H]3O[C@H](COS(=O)(=O)O)[C@@H](OS(=O)(=O)O)[C@H](OS(=O)(=O)O)[C@H]3OS(=O)(=O)O)[C@H](OS(=O)(=O)O)[C@H]2OS(=O)(=O)O)cc1)C(=O)Nc1ccc(S[C@@H]2O[C@H](COS(=O)(=O)O)[C@@H](O[C@H]3O[C@H](COS(=O)(=O)O)[C@@H](OS(=O)(=O)O)[C@H](OS(=O)(=O)O)[C@H]3OS(=O)(=O)O)[C@H](OS(=O)(=O)O)[C@H]2OS(=O)(=O)O)cc1.[Na+].[Na+].[Na+].[Na+].[Na+].[Na+].[Na+].[Na+].[Na+].[Na+].[Na+].[Na+].[Na+].[Na+]. The summed E-state index contributed by atoms with van der Waals surface area (Å²) in [5.74, 6) is -3.29. The Kier molecular flexibility index (Phi) is 80.4. The van der Waals surface area contributed by atoms with Crippen molar-refractivity contribution in [2.75, 3.05) is 37.1 Å². The Bertz CT molecular complexity index is 5440. The standard InChI is InChI=1S/C38H52N2O64S16.14Na/c41-33(39-13-1-5-15(6-2-13)105-37-31(103-119(79,80)81)25(97-113(61,62)63)21(17(91-37)9-85-107(43,44)45)93-35-29(101-117(73,74)75)27(99-115(67,68)69)23(95-111(55,56)57)19(89-35)11-87-109(49,50)51)34(42)40-14-3-7-16(8-4-14)106-38-32(104-120(82,83)84)26(98-114(64,65)66)22(18(92-38)10-86-108(46,47)48)94-36-30(102-118(76,77)78)28(100-116(70,71)72)24(96-112(58,59)60)20(90-36)12-88-110(52,53)54;;;;;;;;;;;;;;/h1-8,17-32,35-38H,9-12H2,(H,39,41)(H,40,42)(H,43,44,45)(H,46,47,48)(H,49,50,51)(H,52,53,54)(H,55,56,57)(H,58,59,60)(H,61,62,63)(H,64,65,66)(H,67,68,69)(H,70,71,72)(H,73,74,75)(H,76,77,78)(H,79,80,81)(H,82,83,84);;;;;;;;;;;;;;/q;14*+1/t17-,18-,19-,20-,21-,22-,23-,24-,25+,26+,27+,28+,29-,30-,31-,32-,35-,36-,37+,38+;;;;;;;;;;;;;;/m1............../s1. The molecule has 134 heavy (non-hydrogen) atoms. The molecule has 0 unspecified atom stereocenters. The van der Waals surface area contributed by atoms with Crippen molar-refractivity contribution >= 4 is 192 Å². The second kappa shape index (κ2) is 66.7. The molecule has 96 heteroatoms. The van der Waals surface area contributed by atoms with Gasteiger partial charge in [-0.1, -0.05) is 23.5 Å². The van der Waals surface area contributed by atoms with Crippen LogP contribution in [-0.2, 0) is 242 Å². The van der Waals surface area contributed by atoms with Gasteiger partial charge < -0.3 is 39.1 Å². The van der Waals surface area contributed by atoms with E-state index in [4.69, 9.17) is 28.4 Å². The van der Waals surface area contributed by atoms with Gasteiger partial charge in [0.05, 0.1) is 26.4 Å². The topological polar surface area (TPSA) is 1000 Å². The smallest absolute Gasteiger partial charge is 0.356 e. The molecule has 0 aliphatic carbocycles. The number of carbonyl (C=O) groups is 2. The molecule has 16 N–H and O–H groups in total. The van der Waals surface area contributed by atoms with Gasteiger partial charge in [0.15, 0.2) is 24.8 Å². The monoisotopic (exact) mass is 2390 g/mol. The Balaban J connectivity index is -0.00000159. The van der Waals surface area contributed by atoms with E-state index in [0.717, 1.165) is 48.5 Å². The Morgan fingerprint density at radius 2 is 0.410 bits per heavy atom. The largest absolute Gasteiger partial charge is 1.00 e. The van der Waals surface area contributed by atoms with E-state index in [2.05, 4.69) is 58.6 Å². The van der Waals surface area contributed by atoms with Crippen LogP contribution in [0.4, 0.5) is 11.4 Å². The van der Waals surface area contributed by atoms with Crippen molar-refractivity contribution in [2.24, 2.45) is 0 Å². The molecule has 4 aliphatic heterocycles. The maximum absolute atomic E-state index is 13.3. The van der Waals surface area contributed by atoms with Crippen molar-refractivity contribution in [3.05, 3.63) is 48.5 Å². The third kappa shape index (κ3) is 62.8. The molecular weight excluding hydrogens is 2340 g/mol. The molecule has 66 nitrogen and oxygen atoms in total. The quantitative estimate of drug-likeness (QED) is 0.0167. The third-order valence-electron chi connectivity index (χ3n) is 13.7. The number of ether oxygens (including phenoxy) is 6. The van der Waals surface area contributed by atoms with Crippen molar-refractivity contribution in [1.29, 1.82) is 0 Å². The van der Waals surface area contributed by atoms with Crippen LogP contribution in [0, 0.1) is 0 Å². The van der Waals surface area contributed by atoms with E-state index in [-0.39, 0.29) is 437 Å². The van der Waals surface area contributed by atoms with E-state index in [1.54, 1.807) is 0 Å². The van der Waals surface area contributed by atoms with E-state index in [1.165, 1.54) is 0 Å². The van der Waals surface area contributed by atoms with E-state index in [9.17, 15) is 191 Å². The zero-order valence-electron chi connectivity index (χ0n) is 70.2. The van der Waals surface area contributed by atoms with Gasteiger partial charge in [0.25, 0.3) is 0 Å². The van der Waals surface area contributed by atoms with E-state index in [1.807, 2.05) is 10.6 Å². The Labute approximate surface area is 1080 Å². The maximum Gasteiger partial charge on any atom is 1.00 e. The molecule has 0 radical (unpaired) electrons. The summed E-state index contributed by atoms with van der Waals surface area (Å²) in [6, 6.07) is 6.75. The second-order valence-corrected chi connectivity index (χ2v) is 39.5. The molecule has 4 aliphatic rings. The third-order valence-corrected chi connectivity index (χ3v) is 22.4. The Morgan fingerprint density at radius 1 is 0.239 bits per heavy atom. The molecule has 0 aromatic heterocycles. The fraction of sp³-hybridized carbons (Fsp3) is 0.632. The van der Waals surface area contributed by atoms with E-state index >= 15 is 0 Å². The summed E-state index contributed by atoms with van der Waals surface area (Å²) in [5, 5.41) is 4.03. The van der Waals surface area contributed by atoms with Crippen molar-refractivity contribution in [3.8, 4) is 0 Å². The van der Waals surface area contributed by atoms with Gasteiger partial charge in [-0.2, -0.15) is 118 Å². The number of carbonyl (C=O) groups excluding carboxylic acids is 2. The molecular formula is C38H52N2Na14O64S16+14. The molecule has 0 saturated carbocycles. The summed E-state index contributed by atoms with van der Waals surface area (Å²) in [6.45, 7) is -7.79. The van der Waals surface area contributed by atoms with Gasteiger partial charge >= 0.3 is 571 Å². The van der Waals surface area contributed by atoms with Gasteiger partial charge in [-0.25, -0.2) is 58.6 Å². The van der Waals surface area contributed by atoms with Gasteiger partial charge in [0, 0.05) is 21.2 Å². The van der Waals surface area contributed by atoms with Crippen LogP contribution in [0.2, 0.25) is 0 Å². The predicted octanol–water partition coefficient (Wildman–Crippen LogP) is -50.7. The Hall–Kier alpha value is 10.0. The molecule has 20 atom stereocenters. The van der Waals surface area contributed by atoms with Gasteiger partial charge in [-0.05, 0) is 48.5 Å². The van der Waals surface area contributed by atoms with Crippen molar-refractivity contribution in [1.82, 2.24) is 0 Å². The number of amides is 2. The van der Waals surface area contributed by atoms with Crippen LogP contribution in [0.3, 0.4) is 0 Å². The molecule has 2 aromatic carbocycles. The number of hydrogen-bond donors (Lipinski definition) is 16. The van der Waals surface area contributed by atoms with Crippen LogP contribution in [0.1, 0.15) is 0 Å². The predicted molar refractivity (Wildman–Crippen MR) is 360 cm³/mol. The molecule has 0 bridgehead atoms. The second-order valence-electron chi connectivity index (χ2n) is 22.3. The van der Waals surface area contributed by atoms with E-state index < -0.39 is 326 Å². The van der Waals surface area contributed by atoms with Crippen molar-refractivity contribution in [3.63, 3.8) is 0 Å². The van der Waals surface area contributed by atoms with Crippen LogP contribution in [0.15, 0.2) is 58.3 Å². The zero-order valence-corrected chi connectivity index (χ0v) is 111. The van der Waals surface area contributed by atoms with Crippen molar-refractivity contribution < 1.29 is 692 Å². The first-order chi connectivity index (χ1) is 53.9. The number of thioether (sulfide) groups is 2. The average molecular weight is 2400 g/mol. The van der Waals surface area contributed by atoms with Crippen LogP contribution in [0.25, 0.3) is 0 Å². The van der Waals surface area contributed by atoms with Gasteiger partial charge in [-0.15, -0.1) is 0 Å². The first-order valence-electron chi connectivity index (χ1n) is 29.0. The summed E-state index contributed by atoms with van der Waals surface area (Å²) in [6.07, 6.45) is -57.5. The van der Waals surface area contributed by atoms with Crippen LogP contribution in [0.5, 0.6) is 0 Å². The zero-order chi connectivity index (χ0) is 91.5. The normalized spacial score (nSPS) is 26.0. The molecule has 4 heterocycles. The molecule has 0 spiro atoms. The summed E-state index contributed by atoms with van der Waals surface area (Å²) in [7, 11) is -86.0. The molecule has 2 amide bonds. The summed E-state index contributed by atoms with van der Waals surface area (Å²) in [4.78, 5) is 25.8. The van der Waals surface area contributed by atoms with Crippen LogP contribution >= 0.6 is 23.5 Å². The minimum atomic E-state index is -6.33. The fourth-order valence-corrected chi connectivity index (χ4v) is 18.6. The van der Waals surface area contributed by atoms with Gasteiger partial charge in [0.1, 0.15) is 96.3 Å². The number of rotatable bonds is 42. The molecule has 6 rings (SSSR count). The summed E-state index contributed by atoms with van der Waals surface area (Å²) < 4.78 is 568. The minimum absolute atomic E-state index is 0. The van der Waals surface area contributed by atoms with Crippen LogP contribution < -0.4 is 424 Å². The van der Waals surface area contributed by atoms with Gasteiger partial charge in [-0.3, -0.25) is 73.3 Å². The first kappa shape index (κ1) is 162. The molecule has 4 saturated heterocycles. The van der Waals surface area contributed by atoms with Crippen LogP contribution in [-0.4, -0.2) is 341 Å². The number of benzene rings is 2. The Morgan fingerprint density at radius 3 is 0.604 bits per heavy atom. The van der Waals surface area contributed by atoms with E-state index in [0.29, 0.717) is 0 Å². The fourth-order valence-electron chi connectivity index (χ4n) is 10.1. The maximum atomic E-state index is 13.3. The van der Waals surface area contributed by atoms with Gasteiger partial charge in [0.2, 0.25) is 0 Å². The minimum Gasteiger partial charge on any atom is -0.356 e. The summed E-state index contributed by atoms with van der Waals surface area (Å²) >= 11 is 0.0229. The number of nitrogens with one attached hydrogen (secondary N) is 2. The number of hydrogen-bond acceptors (Lipinski definition) is 52. The summed E-state index contributed by atoms with van der Waals surface area (Å²) in [5.41, 5.74) is -5.94. The molecule has 694 valence electrons. The average Bonchev–Trinajstić information content (AvgIpc) is 0.755. The molecule has 2 aromatic rings. The first-order valence-corrected chi connectivity index (χ1v) is 49.9. The number of anilines is 2. The molecule has 4 fully saturated rings. The van der Waals surface area contributed by atoms with Crippen molar-refractivity contribution in [2.45, 2.75) is 131 Å².